The number of fused-ring (bicyclic) bond motifs is 1. The van der Waals surface area contributed by atoms with Crippen molar-refractivity contribution in [3.8, 4) is 16.9 Å². The van der Waals surface area contributed by atoms with Gasteiger partial charge in [0, 0.05) is 12.6 Å². The van der Waals surface area contributed by atoms with Crippen molar-refractivity contribution in [3.05, 3.63) is 66.2 Å². The molecule has 148 valence electrons. The molecule has 5 nitrogen and oxygen atoms in total. The van der Waals surface area contributed by atoms with Crippen LogP contribution in [0.5, 0.6) is 5.75 Å². The Morgan fingerprint density at radius 3 is 2.69 bits per heavy atom. The van der Waals surface area contributed by atoms with Crippen LogP contribution in [0.3, 0.4) is 0 Å². The number of rotatable bonds is 4. The highest BCUT2D eigenvalue weighted by Crippen LogP contribution is 2.40. The number of amides is 1. The van der Waals surface area contributed by atoms with Crippen LogP contribution >= 0.6 is 0 Å². The fourth-order valence-electron chi connectivity index (χ4n) is 3.91. The Morgan fingerprint density at radius 2 is 1.93 bits per heavy atom. The number of aliphatic imine (C=N–C) groups is 1. The van der Waals surface area contributed by atoms with E-state index in [9.17, 15) is 4.79 Å². The summed E-state index contributed by atoms with van der Waals surface area (Å²) in [6.45, 7) is 4.53. The molecule has 0 aromatic heterocycles. The average Bonchev–Trinajstić information content (AvgIpc) is 2.72. The Morgan fingerprint density at radius 1 is 1.14 bits per heavy atom. The van der Waals surface area contributed by atoms with Crippen molar-refractivity contribution >= 4 is 22.6 Å². The molecule has 1 heterocycles. The molecule has 0 fully saturated rings. The maximum absolute atomic E-state index is 12.4. The Bertz CT molecular complexity index is 1120. The van der Waals surface area contributed by atoms with Crippen LogP contribution in [0.25, 0.3) is 21.9 Å². The summed E-state index contributed by atoms with van der Waals surface area (Å²) in [6.07, 6.45) is 0.279. The fraction of sp³-hybridized carbons (Fsp3) is 0.250. The molecular weight excluding hydrogens is 362 g/mol. The fourth-order valence-corrected chi connectivity index (χ4v) is 3.91. The van der Waals surface area contributed by atoms with E-state index in [0.29, 0.717) is 6.61 Å². The molecule has 1 aliphatic heterocycles. The van der Waals surface area contributed by atoms with E-state index >= 15 is 0 Å². The molecule has 0 radical (unpaired) electrons. The van der Waals surface area contributed by atoms with Gasteiger partial charge in [0.15, 0.2) is 5.96 Å². The van der Waals surface area contributed by atoms with Gasteiger partial charge in [-0.1, -0.05) is 48.5 Å². The smallest absolute Gasteiger partial charge is 0.231 e. The molecule has 5 heteroatoms. The van der Waals surface area contributed by atoms with Gasteiger partial charge in [0.1, 0.15) is 5.75 Å². The predicted molar refractivity (Wildman–Crippen MR) is 117 cm³/mol. The summed E-state index contributed by atoms with van der Waals surface area (Å²) >= 11 is 0. The van der Waals surface area contributed by atoms with Crippen LogP contribution in [0, 0.1) is 0 Å². The first-order chi connectivity index (χ1) is 13.9. The molecule has 0 unspecified atom stereocenters. The second-order valence-electron chi connectivity index (χ2n) is 7.55. The lowest BCUT2D eigenvalue weighted by molar-refractivity contribution is -0.128. The van der Waals surface area contributed by atoms with Crippen molar-refractivity contribution in [1.82, 2.24) is 4.90 Å². The van der Waals surface area contributed by atoms with Crippen molar-refractivity contribution in [2.24, 2.45) is 10.7 Å². The number of nitrogens with two attached hydrogens (primary N) is 1. The van der Waals surface area contributed by atoms with Crippen molar-refractivity contribution in [3.63, 3.8) is 0 Å². The predicted octanol–water partition coefficient (Wildman–Crippen LogP) is 4.30. The highest BCUT2D eigenvalue weighted by molar-refractivity contribution is 6.00. The van der Waals surface area contributed by atoms with E-state index in [1.54, 1.807) is 7.05 Å². The monoisotopic (exact) mass is 387 g/mol. The first-order valence-electron chi connectivity index (χ1n) is 9.80. The quantitative estimate of drug-likeness (QED) is 0.726. The van der Waals surface area contributed by atoms with Crippen molar-refractivity contribution < 1.29 is 9.53 Å². The highest BCUT2D eigenvalue weighted by Gasteiger charge is 2.36. The third-order valence-electron chi connectivity index (χ3n) is 5.54. The van der Waals surface area contributed by atoms with Gasteiger partial charge in [-0.2, -0.15) is 0 Å². The van der Waals surface area contributed by atoms with Crippen LogP contribution in [-0.2, 0) is 10.3 Å². The van der Waals surface area contributed by atoms with E-state index in [2.05, 4.69) is 35.3 Å². The van der Waals surface area contributed by atoms with Crippen LogP contribution in [0.2, 0.25) is 0 Å². The molecule has 2 N–H and O–H groups in total. The number of benzene rings is 3. The summed E-state index contributed by atoms with van der Waals surface area (Å²) < 4.78 is 5.95. The minimum absolute atomic E-state index is 0.0365. The third-order valence-corrected chi connectivity index (χ3v) is 5.54. The number of nitrogens with zero attached hydrogens (tertiary/aromatic N) is 2. The first kappa shape index (κ1) is 19.0. The molecule has 0 spiro atoms. The van der Waals surface area contributed by atoms with Gasteiger partial charge in [0.05, 0.1) is 18.6 Å². The minimum atomic E-state index is -0.694. The van der Waals surface area contributed by atoms with E-state index in [1.165, 1.54) is 4.90 Å². The van der Waals surface area contributed by atoms with Gasteiger partial charge in [-0.15, -0.1) is 0 Å². The number of guanidine groups is 1. The topological polar surface area (TPSA) is 67.9 Å². The molecule has 3 aromatic rings. The average molecular weight is 387 g/mol. The summed E-state index contributed by atoms with van der Waals surface area (Å²) in [7, 11) is 1.65. The number of hydrogen-bond acceptors (Lipinski definition) is 4. The standard InChI is InChI=1S/C24H25N3O2/c1-4-29-20-13-12-16-8-5-6-11-19(16)22(20)17-9-7-10-18(14-17)24(2)15-21(28)27(3)23(25)26-24/h5-14H,4,15H2,1-3H3,(H2,25,26)/t24-/m1/s1. The SMILES string of the molecule is CCOc1ccc2ccccc2c1-c1cccc([C@@]2(C)CC(=O)N(C)C(N)=N2)c1. The Balaban J connectivity index is 1.89. The molecule has 3 aromatic carbocycles. The maximum Gasteiger partial charge on any atom is 0.231 e. The van der Waals surface area contributed by atoms with Gasteiger partial charge >= 0.3 is 0 Å². The normalized spacial score (nSPS) is 19.3. The summed E-state index contributed by atoms with van der Waals surface area (Å²) in [5, 5.41) is 2.28. The molecule has 1 atom stereocenters. The Labute approximate surface area is 170 Å². The van der Waals surface area contributed by atoms with E-state index in [-0.39, 0.29) is 18.3 Å². The van der Waals surface area contributed by atoms with Gasteiger partial charge < -0.3 is 10.5 Å². The minimum Gasteiger partial charge on any atom is -0.493 e. The summed E-state index contributed by atoms with van der Waals surface area (Å²) in [4.78, 5) is 18.5. The van der Waals surface area contributed by atoms with Gasteiger partial charge in [-0.3, -0.25) is 9.69 Å². The van der Waals surface area contributed by atoms with Gasteiger partial charge in [0.2, 0.25) is 5.91 Å². The van der Waals surface area contributed by atoms with Crippen molar-refractivity contribution in [1.29, 1.82) is 0 Å². The highest BCUT2D eigenvalue weighted by atomic mass is 16.5. The lowest BCUT2D eigenvalue weighted by Gasteiger charge is -2.33. The second-order valence-corrected chi connectivity index (χ2v) is 7.55. The molecule has 0 bridgehead atoms. The zero-order valence-corrected chi connectivity index (χ0v) is 17.0. The first-order valence-corrected chi connectivity index (χ1v) is 9.80. The lowest BCUT2D eigenvalue weighted by atomic mass is 9.85. The van der Waals surface area contributed by atoms with Crippen LogP contribution in [-0.4, -0.2) is 30.4 Å². The number of carbonyl (C=O) groups is 1. The number of carbonyl (C=O) groups excluding carboxylic acids is 1. The van der Waals surface area contributed by atoms with Crippen molar-refractivity contribution in [2.45, 2.75) is 25.8 Å². The lowest BCUT2D eigenvalue weighted by Crippen LogP contribution is -2.47. The van der Waals surface area contributed by atoms with Crippen molar-refractivity contribution in [2.75, 3.05) is 13.7 Å². The summed E-state index contributed by atoms with van der Waals surface area (Å²) in [5.41, 5.74) is 8.34. The third kappa shape index (κ3) is 3.33. The largest absolute Gasteiger partial charge is 0.493 e. The van der Waals surface area contributed by atoms with Crippen LogP contribution in [0.15, 0.2) is 65.7 Å². The maximum atomic E-state index is 12.4. The Hall–Kier alpha value is -3.34. The molecule has 29 heavy (non-hydrogen) atoms. The molecule has 0 aliphatic carbocycles. The van der Waals surface area contributed by atoms with Gasteiger partial charge in [-0.25, -0.2) is 4.99 Å². The van der Waals surface area contributed by atoms with E-state index in [1.807, 2.05) is 44.2 Å². The molecule has 1 aliphatic rings. The second kappa shape index (κ2) is 7.24. The van der Waals surface area contributed by atoms with Crippen LogP contribution in [0.1, 0.15) is 25.8 Å². The zero-order chi connectivity index (χ0) is 20.6. The molecular formula is C24H25N3O2. The number of hydrogen-bond donors (Lipinski definition) is 1. The van der Waals surface area contributed by atoms with E-state index in [0.717, 1.165) is 33.2 Å². The molecule has 0 saturated heterocycles. The van der Waals surface area contributed by atoms with Gasteiger partial charge in [-0.05, 0) is 47.9 Å². The Kier molecular flexibility index (Phi) is 4.74. The summed E-state index contributed by atoms with van der Waals surface area (Å²) in [5.74, 6) is 1.05. The number of ether oxygens (including phenoxy) is 1. The van der Waals surface area contributed by atoms with Gasteiger partial charge in [0.25, 0.3) is 0 Å². The molecule has 0 saturated carbocycles. The van der Waals surface area contributed by atoms with E-state index in [4.69, 9.17) is 10.5 Å². The zero-order valence-electron chi connectivity index (χ0n) is 17.0. The van der Waals surface area contributed by atoms with Crippen LogP contribution in [0.4, 0.5) is 0 Å². The molecule has 1 amide bonds. The summed E-state index contributed by atoms with van der Waals surface area (Å²) in [6, 6.07) is 20.5. The molecule has 4 rings (SSSR count). The van der Waals surface area contributed by atoms with E-state index < -0.39 is 5.54 Å². The van der Waals surface area contributed by atoms with Crippen LogP contribution < -0.4 is 10.5 Å².